The van der Waals surface area contributed by atoms with Gasteiger partial charge >= 0.3 is 0 Å². The van der Waals surface area contributed by atoms with Crippen molar-refractivity contribution in [2.75, 3.05) is 31.1 Å². The number of hydrogen-bond acceptors (Lipinski definition) is 4. The van der Waals surface area contributed by atoms with Crippen LogP contribution in [0.3, 0.4) is 0 Å². The van der Waals surface area contributed by atoms with Crippen molar-refractivity contribution in [1.82, 2.24) is 10.6 Å². The van der Waals surface area contributed by atoms with Crippen LogP contribution >= 0.6 is 23.2 Å². The summed E-state index contributed by atoms with van der Waals surface area (Å²) >= 11 is 11.7. The van der Waals surface area contributed by atoms with Gasteiger partial charge in [0.1, 0.15) is 5.75 Å². The van der Waals surface area contributed by atoms with Crippen LogP contribution in [-0.2, 0) is 9.59 Å². The Bertz CT molecular complexity index is 920. The molecule has 1 heterocycles. The molecule has 0 atom stereocenters. The predicted molar refractivity (Wildman–Crippen MR) is 106 cm³/mol. The average molecular weight is 422 g/mol. The van der Waals surface area contributed by atoms with E-state index in [4.69, 9.17) is 27.9 Å². The monoisotopic (exact) mass is 421 g/mol. The van der Waals surface area contributed by atoms with E-state index in [2.05, 4.69) is 10.6 Å². The van der Waals surface area contributed by atoms with Crippen molar-refractivity contribution >= 4 is 46.6 Å². The highest BCUT2D eigenvalue weighted by Crippen LogP contribution is 2.30. The Balaban J connectivity index is 1.46. The van der Waals surface area contributed by atoms with Crippen molar-refractivity contribution in [2.24, 2.45) is 0 Å². The molecule has 2 N–H and O–H groups in total. The van der Waals surface area contributed by atoms with Crippen LogP contribution in [0.25, 0.3) is 0 Å². The van der Waals surface area contributed by atoms with E-state index in [-0.39, 0.29) is 36.5 Å². The van der Waals surface area contributed by atoms with Gasteiger partial charge < -0.3 is 20.3 Å². The largest absolute Gasteiger partial charge is 0.482 e. The molecule has 0 unspecified atom stereocenters. The lowest BCUT2D eigenvalue weighted by atomic mass is 10.2. The Morgan fingerprint density at radius 3 is 2.64 bits per heavy atom. The summed E-state index contributed by atoms with van der Waals surface area (Å²) in [5, 5.41) is 5.78. The molecular formula is C19H17Cl2N3O4. The van der Waals surface area contributed by atoms with Crippen LogP contribution in [0.15, 0.2) is 42.5 Å². The molecule has 28 heavy (non-hydrogen) atoms. The number of benzene rings is 2. The second-order valence-electron chi connectivity index (χ2n) is 5.96. The molecule has 0 bridgehead atoms. The molecule has 9 heteroatoms. The van der Waals surface area contributed by atoms with E-state index < -0.39 is 5.91 Å². The fraction of sp³-hybridized carbons (Fsp3) is 0.211. The second kappa shape index (κ2) is 8.95. The molecule has 0 radical (unpaired) electrons. The van der Waals surface area contributed by atoms with E-state index >= 15 is 0 Å². The minimum absolute atomic E-state index is 0.0370. The predicted octanol–water partition coefficient (Wildman–Crippen LogP) is 2.27. The number of hydrogen-bond donors (Lipinski definition) is 2. The Morgan fingerprint density at radius 2 is 1.86 bits per heavy atom. The molecule has 2 aromatic carbocycles. The highest BCUT2D eigenvalue weighted by atomic mass is 35.5. The maximum absolute atomic E-state index is 12.1. The molecule has 0 aliphatic carbocycles. The number of ether oxygens (including phenoxy) is 1. The molecule has 3 amide bonds. The highest BCUT2D eigenvalue weighted by molar-refractivity contribution is 6.42. The topological polar surface area (TPSA) is 87.7 Å². The summed E-state index contributed by atoms with van der Waals surface area (Å²) in [6.07, 6.45) is 0. The standard InChI is InChI=1S/C19H17Cl2N3O4/c20-13-6-5-12(9-14(13)21)19(27)23-10-17(25)22-7-8-24-15-3-1-2-4-16(15)28-11-18(24)26/h1-6,9H,7-8,10-11H2,(H,22,25)(H,23,27). The van der Waals surface area contributed by atoms with Gasteiger partial charge in [0.2, 0.25) is 5.91 Å². The summed E-state index contributed by atoms with van der Waals surface area (Å²) in [6, 6.07) is 11.7. The number of halogens is 2. The third kappa shape index (κ3) is 4.74. The lowest BCUT2D eigenvalue weighted by Gasteiger charge is -2.29. The number of nitrogens with zero attached hydrogens (tertiary/aromatic N) is 1. The molecule has 0 saturated carbocycles. The number of amides is 3. The summed E-state index contributed by atoms with van der Waals surface area (Å²) in [6.45, 7) is 0.296. The zero-order chi connectivity index (χ0) is 20.1. The molecule has 1 aliphatic rings. The van der Waals surface area contributed by atoms with Gasteiger partial charge in [0.15, 0.2) is 6.61 Å². The Morgan fingerprint density at radius 1 is 1.07 bits per heavy atom. The van der Waals surface area contributed by atoms with E-state index in [0.717, 1.165) is 0 Å². The van der Waals surface area contributed by atoms with Crippen molar-refractivity contribution in [3.8, 4) is 5.75 Å². The number of para-hydroxylation sites is 2. The van der Waals surface area contributed by atoms with E-state index in [1.165, 1.54) is 18.2 Å². The van der Waals surface area contributed by atoms with Gasteiger partial charge in [0.25, 0.3) is 11.8 Å². The van der Waals surface area contributed by atoms with E-state index in [9.17, 15) is 14.4 Å². The van der Waals surface area contributed by atoms with Gasteiger partial charge in [-0.05, 0) is 30.3 Å². The highest BCUT2D eigenvalue weighted by Gasteiger charge is 2.24. The summed E-state index contributed by atoms with van der Waals surface area (Å²) in [4.78, 5) is 37.7. The lowest BCUT2D eigenvalue weighted by molar-refractivity contribution is -0.122. The van der Waals surface area contributed by atoms with Crippen molar-refractivity contribution in [3.63, 3.8) is 0 Å². The second-order valence-corrected chi connectivity index (χ2v) is 6.78. The quantitative estimate of drug-likeness (QED) is 0.748. The normalized spacial score (nSPS) is 12.8. The smallest absolute Gasteiger partial charge is 0.265 e. The molecule has 0 spiro atoms. The Labute approximate surface area is 171 Å². The molecule has 0 aromatic heterocycles. The first-order chi connectivity index (χ1) is 13.5. The molecular weight excluding hydrogens is 405 g/mol. The van der Waals surface area contributed by atoms with Gasteiger partial charge in [-0.2, -0.15) is 0 Å². The maximum Gasteiger partial charge on any atom is 0.265 e. The average Bonchev–Trinajstić information content (AvgIpc) is 2.70. The Kier molecular flexibility index (Phi) is 6.38. The first kappa shape index (κ1) is 20.0. The van der Waals surface area contributed by atoms with E-state index in [1.54, 1.807) is 17.0 Å². The van der Waals surface area contributed by atoms with Crippen LogP contribution in [0.1, 0.15) is 10.4 Å². The molecule has 2 aromatic rings. The molecule has 0 saturated heterocycles. The van der Waals surface area contributed by atoms with Gasteiger partial charge in [0, 0.05) is 18.7 Å². The van der Waals surface area contributed by atoms with Crippen LogP contribution in [-0.4, -0.2) is 44.0 Å². The van der Waals surface area contributed by atoms with Gasteiger partial charge in [0.05, 0.1) is 22.3 Å². The first-order valence-electron chi connectivity index (χ1n) is 8.48. The minimum atomic E-state index is -0.439. The van der Waals surface area contributed by atoms with Gasteiger partial charge in [-0.15, -0.1) is 0 Å². The minimum Gasteiger partial charge on any atom is -0.482 e. The van der Waals surface area contributed by atoms with Crippen LogP contribution < -0.4 is 20.3 Å². The number of carbonyl (C=O) groups excluding carboxylic acids is 3. The van der Waals surface area contributed by atoms with Crippen molar-refractivity contribution in [3.05, 3.63) is 58.1 Å². The van der Waals surface area contributed by atoms with E-state index in [1.807, 2.05) is 12.1 Å². The third-order valence-corrected chi connectivity index (χ3v) is 4.80. The van der Waals surface area contributed by atoms with Crippen molar-refractivity contribution < 1.29 is 19.1 Å². The number of rotatable bonds is 6. The van der Waals surface area contributed by atoms with Crippen LogP contribution in [0.5, 0.6) is 5.75 Å². The van der Waals surface area contributed by atoms with Crippen molar-refractivity contribution in [2.45, 2.75) is 0 Å². The fourth-order valence-corrected chi connectivity index (χ4v) is 2.97. The Hall–Kier alpha value is -2.77. The fourth-order valence-electron chi connectivity index (χ4n) is 2.67. The maximum atomic E-state index is 12.1. The zero-order valence-electron chi connectivity index (χ0n) is 14.7. The molecule has 3 rings (SSSR count). The number of anilines is 1. The van der Waals surface area contributed by atoms with Gasteiger partial charge in [-0.1, -0.05) is 35.3 Å². The van der Waals surface area contributed by atoms with Crippen LogP contribution in [0.2, 0.25) is 10.0 Å². The van der Waals surface area contributed by atoms with Gasteiger partial charge in [-0.25, -0.2) is 0 Å². The van der Waals surface area contributed by atoms with Crippen LogP contribution in [0, 0.1) is 0 Å². The number of carbonyl (C=O) groups is 3. The molecule has 146 valence electrons. The summed E-state index contributed by atoms with van der Waals surface area (Å²) in [7, 11) is 0. The van der Waals surface area contributed by atoms with Crippen molar-refractivity contribution in [1.29, 1.82) is 0 Å². The molecule has 7 nitrogen and oxygen atoms in total. The number of nitrogens with one attached hydrogen (secondary N) is 2. The van der Waals surface area contributed by atoms with Gasteiger partial charge in [-0.3, -0.25) is 14.4 Å². The molecule has 1 aliphatic heterocycles. The third-order valence-electron chi connectivity index (χ3n) is 4.06. The SMILES string of the molecule is O=C(CNC(=O)c1ccc(Cl)c(Cl)c1)NCCN1C(=O)COc2ccccc21. The molecule has 0 fully saturated rings. The van der Waals surface area contributed by atoms with E-state index in [0.29, 0.717) is 28.6 Å². The number of fused-ring (bicyclic) bond motifs is 1. The first-order valence-corrected chi connectivity index (χ1v) is 9.23. The lowest BCUT2D eigenvalue weighted by Crippen LogP contribution is -2.45. The summed E-state index contributed by atoms with van der Waals surface area (Å²) in [5.41, 5.74) is 0.971. The van der Waals surface area contributed by atoms with Crippen LogP contribution in [0.4, 0.5) is 5.69 Å². The summed E-state index contributed by atoms with van der Waals surface area (Å²) < 4.78 is 5.37. The zero-order valence-corrected chi connectivity index (χ0v) is 16.2. The summed E-state index contributed by atoms with van der Waals surface area (Å²) in [5.74, 6) is -0.364.